The largest absolute Gasteiger partial charge is 0.497 e. The molecule has 0 aromatic heterocycles. The van der Waals surface area contributed by atoms with Crippen LogP contribution in [-0.2, 0) is 6.42 Å². The van der Waals surface area contributed by atoms with Crippen molar-refractivity contribution in [1.82, 2.24) is 0 Å². The van der Waals surface area contributed by atoms with Crippen LogP contribution in [0.5, 0.6) is 11.5 Å². The lowest BCUT2D eigenvalue weighted by molar-refractivity contribution is 0.390. The third-order valence-electron chi connectivity index (χ3n) is 3.19. The van der Waals surface area contributed by atoms with E-state index in [0.29, 0.717) is 17.1 Å². The first-order valence-corrected chi connectivity index (χ1v) is 6.78. The molecular formula is C16H15ClF2O2. The molecule has 0 saturated carbocycles. The van der Waals surface area contributed by atoms with E-state index in [9.17, 15) is 8.78 Å². The maximum Gasteiger partial charge on any atom is 0.129 e. The molecule has 1 atom stereocenters. The molecule has 0 heterocycles. The van der Waals surface area contributed by atoms with Crippen LogP contribution in [-0.4, -0.2) is 14.2 Å². The number of halogens is 3. The first kappa shape index (κ1) is 15.6. The molecule has 0 N–H and O–H groups in total. The third-order valence-corrected chi connectivity index (χ3v) is 3.58. The van der Waals surface area contributed by atoms with Crippen molar-refractivity contribution in [3.8, 4) is 11.5 Å². The quantitative estimate of drug-likeness (QED) is 0.757. The fraction of sp³-hybridized carbons (Fsp3) is 0.250. The predicted octanol–water partition coefficient (Wildman–Crippen LogP) is 4.50. The number of ether oxygens (including phenoxy) is 2. The molecule has 0 saturated heterocycles. The lowest BCUT2D eigenvalue weighted by atomic mass is 10.0. The molecule has 1 unspecified atom stereocenters. The van der Waals surface area contributed by atoms with Gasteiger partial charge in [-0.3, -0.25) is 0 Å². The summed E-state index contributed by atoms with van der Waals surface area (Å²) in [4.78, 5) is 0. The van der Waals surface area contributed by atoms with Crippen molar-refractivity contribution in [1.29, 1.82) is 0 Å². The average Bonchev–Trinajstić information content (AvgIpc) is 2.49. The number of hydrogen-bond donors (Lipinski definition) is 0. The minimum Gasteiger partial charge on any atom is -0.497 e. The molecule has 0 bridgehead atoms. The van der Waals surface area contributed by atoms with Gasteiger partial charge in [0.15, 0.2) is 0 Å². The van der Waals surface area contributed by atoms with Crippen molar-refractivity contribution >= 4 is 11.6 Å². The molecule has 0 spiro atoms. The van der Waals surface area contributed by atoms with Crippen molar-refractivity contribution < 1.29 is 18.3 Å². The van der Waals surface area contributed by atoms with Crippen LogP contribution in [0.4, 0.5) is 8.78 Å². The summed E-state index contributed by atoms with van der Waals surface area (Å²) in [7, 11) is 3.08. The molecule has 0 radical (unpaired) electrons. The second-order valence-electron chi connectivity index (χ2n) is 4.52. The summed E-state index contributed by atoms with van der Waals surface area (Å²) in [6, 6.07) is 8.71. The smallest absolute Gasteiger partial charge is 0.129 e. The highest BCUT2D eigenvalue weighted by Crippen LogP contribution is 2.35. The summed E-state index contributed by atoms with van der Waals surface area (Å²) in [6.45, 7) is 0. The second kappa shape index (κ2) is 6.76. The van der Waals surface area contributed by atoms with Crippen molar-refractivity contribution in [2.24, 2.45) is 0 Å². The number of benzene rings is 2. The van der Waals surface area contributed by atoms with Crippen molar-refractivity contribution in [3.63, 3.8) is 0 Å². The van der Waals surface area contributed by atoms with E-state index >= 15 is 0 Å². The molecule has 2 aromatic rings. The van der Waals surface area contributed by atoms with E-state index in [1.807, 2.05) is 0 Å². The zero-order valence-electron chi connectivity index (χ0n) is 11.7. The molecule has 0 fully saturated rings. The van der Waals surface area contributed by atoms with Gasteiger partial charge in [-0.15, -0.1) is 11.6 Å². The fourth-order valence-corrected chi connectivity index (χ4v) is 2.41. The van der Waals surface area contributed by atoms with E-state index in [4.69, 9.17) is 21.1 Å². The second-order valence-corrected chi connectivity index (χ2v) is 5.04. The van der Waals surface area contributed by atoms with E-state index in [-0.39, 0.29) is 6.42 Å². The summed E-state index contributed by atoms with van der Waals surface area (Å²) in [5, 5.41) is -0.495. The maximum absolute atomic E-state index is 13.7. The summed E-state index contributed by atoms with van der Waals surface area (Å²) >= 11 is 6.35. The lowest BCUT2D eigenvalue weighted by Crippen LogP contribution is -2.02. The standard InChI is InChI=1S/C16H15ClF2O2/c1-20-12-5-6-13(16(9-12)21-2)14(17)7-10-3-4-11(18)8-15(10)19/h3-6,8-9,14H,7H2,1-2H3. The van der Waals surface area contributed by atoms with Crippen LogP contribution in [0, 0.1) is 11.6 Å². The third kappa shape index (κ3) is 3.64. The Bertz CT molecular complexity index is 632. The predicted molar refractivity (Wildman–Crippen MR) is 78.2 cm³/mol. The normalized spacial score (nSPS) is 12.0. The molecule has 0 amide bonds. The number of hydrogen-bond acceptors (Lipinski definition) is 2. The minimum atomic E-state index is -0.607. The molecule has 112 valence electrons. The van der Waals surface area contributed by atoms with Crippen LogP contribution < -0.4 is 9.47 Å². The summed E-state index contributed by atoms with van der Waals surface area (Å²) in [5.41, 5.74) is 1.08. The Morgan fingerprint density at radius 3 is 2.43 bits per heavy atom. The number of methoxy groups -OCH3 is 2. The van der Waals surface area contributed by atoms with E-state index in [1.54, 1.807) is 25.3 Å². The Morgan fingerprint density at radius 1 is 1.05 bits per heavy atom. The van der Waals surface area contributed by atoms with Crippen LogP contribution in [0.25, 0.3) is 0 Å². The fourth-order valence-electron chi connectivity index (χ4n) is 2.07. The number of alkyl halides is 1. The molecule has 0 aliphatic rings. The van der Waals surface area contributed by atoms with E-state index in [2.05, 4.69) is 0 Å². The van der Waals surface area contributed by atoms with Gasteiger partial charge in [-0.1, -0.05) is 12.1 Å². The van der Waals surface area contributed by atoms with E-state index in [0.717, 1.165) is 11.6 Å². The molecule has 2 nitrogen and oxygen atoms in total. The zero-order chi connectivity index (χ0) is 15.4. The Kier molecular flexibility index (Phi) is 5.02. The van der Waals surface area contributed by atoms with Crippen LogP contribution in [0.3, 0.4) is 0 Å². The Morgan fingerprint density at radius 2 is 1.81 bits per heavy atom. The van der Waals surface area contributed by atoms with Gasteiger partial charge in [-0.2, -0.15) is 0 Å². The molecule has 2 aromatic carbocycles. The molecule has 0 aliphatic heterocycles. The van der Waals surface area contributed by atoms with Gasteiger partial charge in [0, 0.05) is 17.7 Å². The monoisotopic (exact) mass is 312 g/mol. The first-order chi connectivity index (χ1) is 10.0. The highest BCUT2D eigenvalue weighted by atomic mass is 35.5. The SMILES string of the molecule is COc1ccc(C(Cl)Cc2ccc(F)cc2F)c(OC)c1. The molecule has 21 heavy (non-hydrogen) atoms. The Labute approximate surface area is 127 Å². The van der Waals surface area contributed by atoms with Crippen molar-refractivity contribution in [2.45, 2.75) is 11.8 Å². The lowest BCUT2D eigenvalue weighted by Gasteiger charge is -2.15. The van der Waals surface area contributed by atoms with Gasteiger partial charge in [-0.25, -0.2) is 8.78 Å². The van der Waals surface area contributed by atoms with Crippen LogP contribution >= 0.6 is 11.6 Å². The van der Waals surface area contributed by atoms with Gasteiger partial charge in [0.25, 0.3) is 0 Å². The Balaban J connectivity index is 2.25. The summed E-state index contributed by atoms with van der Waals surface area (Å²) in [5.74, 6) is 0.00169. The topological polar surface area (TPSA) is 18.5 Å². The van der Waals surface area contributed by atoms with Gasteiger partial charge in [-0.05, 0) is 24.1 Å². The first-order valence-electron chi connectivity index (χ1n) is 6.35. The maximum atomic E-state index is 13.7. The van der Waals surface area contributed by atoms with Crippen molar-refractivity contribution in [2.75, 3.05) is 14.2 Å². The zero-order valence-corrected chi connectivity index (χ0v) is 12.5. The van der Waals surface area contributed by atoms with Gasteiger partial charge >= 0.3 is 0 Å². The average molecular weight is 313 g/mol. The van der Waals surface area contributed by atoms with Crippen LogP contribution in [0.15, 0.2) is 36.4 Å². The van der Waals surface area contributed by atoms with Crippen LogP contribution in [0.2, 0.25) is 0 Å². The molecular weight excluding hydrogens is 298 g/mol. The Hall–Kier alpha value is -1.81. The van der Waals surface area contributed by atoms with E-state index in [1.165, 1.54) is 19.2 Å². The molecule has 0 aliphatic carbocycles. The van der Waals surface area contributed by atoms with Gasteiger partial charge in [0.1, 0.15) is 23.1 Å². The molecule has 2 rings (SSSR count). The number of rotatable bonds is 5. The van der Waals surface area contributed by atoms with Gasteiger partial charge in [0.2, 0.25) is 0 Å². The van der Waals surface area contributed by atoms with Crippen LogP contribution in [0.1, 0.15) is 16.5 Å². The van der Waals surface area contributed by atoms with E-state index < -0.39 is 17.0 Å². The van der Waals surface area contributed by atoms with Crippen molar-refractivity contribution in [3.05, 3.63) is 59.2 Å². The summed E-state index contributed by atoms with van der Waals surface area (Å²) < 4.78 is 37.0. The highest BCUT2D eigenvalue weighted by Gasteiger charge is 2.17. The minimum absolute atomic E-state index is 0.232. The van der Waals surface area contributed by atoms with Gasteiger partial charge < -0.3 is 9.47 Å². The molecule has 5 heteroatoms. The van der Waals surface area contributed by atoms with Gasteiger partial charge in [0.05, 0.1) is 19.6 Å². The summed E-state index contributed by atoms with van der Waals surface area (Å²) in [6.07, 6.45) is 0.232. The highest BCUT2D eigenvalue weighted by molar-refractivity contribution is 6.21.